The van der Waals surface area contributed by atoms with Gasteiger partial charge in [0, 0.05) is 42.3 Å². The lowest BCUT2D eigenvalue weighted by molar-refractivity contribution is -0.132. The first-order chi connectivity index (χ1) is 18.2. The highest BCUT2D eigenvalue weighted by molar-refractivity contribution is 6.30. The molecule has 1 fully saturated rings. The van der Waals surface area contributed by atoms with Crippen LogP contribution < -0.4 is 10.2 Å². The van der Waals surface area contributed by atoms with Gasteiger partial charge < -0.3 is 10.4 Å². The molecule has 2 amide bonds. The summed E-state index contributed by atoms with van der Waals surface area (Å²) in [7, 11) is 0. The summed E-state index contributed by atoms with van der Waals surface area (Å²) in [4.78, 5) is 39.2. The fraction of sp³-hybridized carbons (Fsp3) is 0.346. The van der Waals surface area contributed by atoms with Gasteiger partial charge in [0.1, 0.15) is 17.3 Å². The Hall–Kier alpha value is -3.57. The summed E-state index contributed by atoms with van der Waals surface area (Å²) < 4.78 is 41.2. The van der Waals surface area contributed by atoms with Gasteiger partial charge in [-0.05, 0) is 55.9 Å². The van der Waals surface area contributed by atoms with Crippen molar-refractivity contribution in [1.82, 2.24) is 20.3 Å². The first-order valence-electron chi connectivity index (χ1n) is 12.0. The number of hydrogen-bond donors (Lipinski definition) is 2. The van der Waals surface area contributed by atoms with E-state index in [4.69, 9.17) is 11.6 Å². The predicted octanol–water partition coefficient (Wildman–Crippen LogP) is 4.17. The number of halogens is 4. The van der Waals surface area contributed by atoms with Crippen LogP contribution in [0.25, 0.3) is 0 Å². The Morgan fingerprint density at radius 3 is 2.63 bits per heavy atom. The Labute approximate surface area is 220 Å². The third-order valence-electron chi connectivity index (χ3n) is 7.11. The zero-order valence-electron chi connectivity index (χ0n) is 20.0. The Bertz CT molecular complexity index is 1390. The first-order valence-corrected chi connectivity index (χ1v) is 12.4. The summed E-state index contributed by atoms with van der Waals surface area (Å²) in [6.45, 7) is 0.242. The summed E-state index contributed by atoms with van der Waals surface area (Å²) in [6, 6.07) is 5.31. The number of aliphatic hydroxyl groups is 1. The summed E-state index contributed by atoms with van der Waals surface area (Å²) in [5.74, 6) is -1.90. The van der Waals surface area contributed by atoms with Crippen LogP contribution in [-0.4, -0.2) is 44.5 Å². The van der Waals surface area contributed by atoms with E-state index >= 15 is 0 Å². The molecule has 1 saturated carbocycles. The second-order valence-corrected chi connectivity index (χ2v) is 9.87. The number of pyridine rings is 3. The number of carbonyl (C=O) groups excluding carboxylic acids is 2. The molecule has 5 rings (SSSR count). The van der Waals surface area contributed by atoms with Crippen LogP contribution in [0, 0.1) is 11.7 Å². The summed E-state index contributed by atoms with van der Waals surface area (Å²) in [5, 5.41) is 14.3. The molecule has 0 spiro atoms. The fourth-order valence-corrected chi connectivity index (χ4v) is 5.37. The van der Waals surface area contributed by atoms with Crippen molar-refractivity contribution in [1.29, 1.82) is 0 Å². The van der Waals surface area contributed by atoms with E-state index in [-0.39, 0.29) is 46.0 Å². The minimum Gasteiger partial charge on any atom is -0.372 e. The molecule has 1 aliphatic heterocycles. The third-order valence-corrected chi connectivity index (χ3v) is 7.31. The second-order valence-electron chi connectivity index (χ2n) is 9.43. The zero-order valence-corrected chi connectivity index (χ0v) is 20.7. The SMILES string of the molecule is O=C(NC1CCC(CN2C(=O)C(O)(c3ccncc3F)c3cccnc32)CC1)c1cc(Cl)cnc1C(F)F. The number of amides is 2. The first kappa shape index (κ1) is 26.1. The van der Waals surface area contributed by atoms with Crippen LogP contribution in [0.5, 0.6) is 0 Å². The smallest absolute Gasteiger partial charge is 0.281 e. The number of nitrogens with zero attached hydrogens (tertiary/aromatic N) is 4. The fourth-order valence-electron chi connectivity index (χ4n) is 5.22. The molecule has 1 aliphatic carbocycles. The van der Waals surface area contributed by atoms with Gasteiger partial charge in [-0.3, -0.25) is 24.5 Å². The van der Waals surface area contributed by atoms with E-state index < -0.39 is 35.4 Å². The second kappa shape index (κ2) is 10.3. The highest BCUT2D eigenvalue weighted by Crippen LogP contribution is 2.44. The largest absolute Gasteiger partial charge is 0.372 e. The Morgan fingerprint density at radius 1 is 1.16 bits per heavy atom. The lowest BCUT2D eigenvalue weighted by Gasteiger charge is -2.32. The lowest BCUT2D eigenvalue weighted by atomic mass is 9.85. The van der Waals surface area contributed by atoms with E-state index in [9.17, 15) is 27.9 Å². The number of anilines is 1. The molecular weight excluding hydrogens is 523 g/mol. The molecule has 1 atom stereocenters. The maximum Gasteiger partial charge on any atom is 0.281 e. The van der Waals surface area contributed by atoms with Crippen LogP contribution >= 0.6 is 11.6 Å². The predicted molar refractivity (Wildman–Crippen MR) is 131 cm³/mol. The van der Waals surface area contributed by atoms with Crippen LogP contribution in [0.15, 0.2) is 49.1 Å². The Kier molecular flexibility index (Phi) is 7.06. The van der Waals surface area contributed by atoms with E-state index in [0.717, 1.165) is 12.4 Å². The van der Waals surface area contributed by atoms with E-state index in [0.29, 0.717) is 25.7 Å². The molecule has 38 heavy (non-hydrogen) atoms. The van der Waals surface area contributed by atoms with E-state index in [1.54, 1.807) is 12.1 Å². The number of aromatic nitrogens is 3. The molecule has 2 N–H and O–H groups in total. The maximum atomic E-state index is 14.6. The summed E-state index contributed by atoms with van der Waals surface area (Å²) in [5.41, 5.74) is -3.12. The number of hydrogen-bond acceptors (Lipinski definition) is 6. The van der Waals surface area contributed by atoms with Crippen molar-refractivity contribution in [3.8, 4) is 0 Å². The molecule has 8 nitrogen and oxygen atoms in total. The number of carbonyl (C=O) groups is 2. The number of rotatable bonds is 6. The zero-order chi connectivity index (χ0) is 27.0. The van der Waals surface area contributed by atoms with E-state index in [1.165, 1.54) is 29.4 Å². The van der Waals surface area contributed by atoms with Crippen molar-refractivity contribution in [2.45, 2.75) is 43.8 Å². The topological polar surface area (TPSA) is 108 Å². The summed E-state index contributed by atoms with van der Waals surface area (Å²) >= 11 is 5.86. The van der Waals surface area contributed by atoms with Crippen molar-refractivity contribution in [3.05, 3.63) is 82.3 Å². The van der Waals surface area contributed by atoms with Crippen molar-refractivity contribution in [2.24, 2.45) is 5.92 Å². The van der Waals surface area contributed by atoms with Gasteiger partial charge in [0.25, 0.3) is 18.2 Å². The Morgan fingerprint density at radius 2 is 1.92 bits per heavy atom. The molecule has 0 bridgehead atoms. The monoisotopic (exact) mass is 545 g/mol. The van der Waals surface area contributed by atoms with Crippen molar-refractivity contribution in [3.63, 3.8) is 0 Å². The van der Waals surface area contributed by atoms with Crippen LogP contribution in [0.2, 0.25) is 5.02 Å². The molecule has 0 radical (unpaired) electrons. The van der Waals surface area contributed by atoms with Gasteiger partial charge in [-0.25, -0.2) is 18.2 Å². The van der Waals surface area contributed by atoms with Gasteiger partial charge in [-0.2, -0.15) is 0 Å². The molecule has 12 heteroatoms. The standard InChI is InChI=1S/C26H23ClF3N5O3/c27-15-10-17(21(22(29)30)33-11-15)24(36)34-16-5-3-14(4-6-16)13-35-23-19(2-1-8-32-23)26(38,25(35)37)18-7-9-31-12-20(18)28/h1-2,7-12,14,16,22,38H,3-6,13H2,(H,34,36). The van der Waals surface area contributed by atoms with Gasteiger partial charge in [0.15, 0.2) is 0 Å². The highest BCUT2D eigenvalue weighted by Gasteiger charge is 2.53. The quantitative estimate of drug-likeness (QED) is 0.481. The van der Waals surface area contributed by atoms with Crippen molar-refractivity contribution < 1.29 is 27.9 Å². The number of fused-ring (bicyclic) bond motifs is 1. The molecule has 2 aliphatic rings. The van der Waals surface area contributed by atoms with Gasteiger partial charge >= 0.3 is 0 Å². The van der Waals surface area contributed by atoms with Crippen LogP contribution in [0.1, 0.15) is 59.3 Å². The van der Waals surface area contributed by atoms with Crippen molar-refractivity contribution >= 4 is 29.2 Å². The molecule has 3 aromatic heterocycles. The molecule has 1 unspecified atom stereocenters. The van der Waals surface area contributed by atoms with Gasteiger partial charge in [-0.15, -0.1) is 0 Å². The van der Waals surface area contributed by atoms with Crippen LogP contribution in [0.3, 0.4) is 0 Å². The van der Waals surface area contributed by atoms with Gasteiger partial charge in [0.2, 0.25) is 5.60 Å². The normalized spacial score (nSPS) is 23.0. The van der Waals surface area contributed by atoms with E-state index in [1.807, 2.05) is 0 Å². The van der Waals surface area contributed by atoms with Crippen molar-refractivity contribution in [2.75, 3.05) is 11.4 Å². The molecule has 4 heterocycles. The average molecular weight is 546 g/mol. The number of nitrogens with one attached hydrogen (secondary N) is 1. The van der Waals surface area contributed by atoms with E-state index in [2.05, 4.69) is 20.3 Å². The minimum atomic E-state index is -2.92. The van der Waals surface area contributed by atoms with Crippen LogP contribution in [0.4, 0.5) is 19.0 Å². The maximum absolute atomic E-state index is 14.6. The summed E-state index contributed by atoms with van der Waals surface area (Å²) in [6.07, 6.45) is 4.24. The van der Waals surface area contributed by atoms with Gasteiger partial charge in [-0.1, -0.05) is 11.6 Å². The van der Waals surface area contributed by atoms with Crippen LogP contribution in [-0.2, 0) is 10.4 Å². The molecule has 0 saturated heterocycles. The third kappa shape index (κ3) is 4.60. The Balaban J connectivity index is 1.27. The number of alkyl halides is 2. The average Bonchev–Trinajstić information content (AvgIpc) is 3.12. The molecule has 0 aromatic carbocycles. The highest BCUT2D eigenvalue weighted by atomic mass is 35.5. The molecular formula is C26H23ClF3N5O3. The minimum absolute atomic E-state index is 0.0102. The molecule has 3 aromatic rings. The lowest BCUT2D eigenvalue weighted by Crippen LogP contribution is -2.45. The molecule has 198 valence electrons. The van der Waals surface area contributed by atoms with Gasteiger partial charge in [0.05, 0.1) is 16.8 Å².